The fourth-order valence-electron chi connectivity index (χ4n) is 6.51. The molecule has 0 atom stereocenters. The molecule has 10 rings (SSSR count). The first-order valence-electron chi connectivity index (χ1n) is 25.2. The topological polar surface area (TPSA) is 96.5 Å². The quantitative estimate of drug-likeness (QED) is 0.155. The van der Waals surface area contributed by atoms with Gasteiger partial charge in [0.25, 0.3) is 0 Å². The Balaban J connectivity index is -0.000000449. The molecule has 10 aromatic rings. The van der Waals surface area contributed by atoms with Crippen molar-refractivity contribution in [3.63, 3.8) is 0 Å². The second kappa shape index (κ2) is 52.5. The van der Waals surface area contributed by atoms with Gasteiger partial charge in [-0.25, -0.2) is 60.3 Å². The van der Waals surface area contributed by atoms with Gasteiger partial charge in [-0.1, -0.05) is 40.6 Å². The fourth-order valence-corrected chi connectivity index (χ4v) is 6.51. The third-order valence-corrected chi connectivity index (χ3v) is 12.1. The Morgan fingerprint density at radius 2 is 0.941 bits per heavy atom. The van der Waals surface area contributed by atoms with Gasteiger partial charge in [0.1, 0.15) is 0 Å². The third kappa shape index (κ3) is 32.7. The molecule has 0 unspecified atom stereocenters. The molecule has 0 bridgehead atoms. The Bertz CT molecular complexity index is 3140. The Labute approximate surface area is 685 Å². The van der Waals surface area contributed by atoms with Crippen molar-refractivity contribution in [3.05, 3.63) is 265 Å². The molecule has 0 fully saturated rings. The molecule has 0 amide bonds. The standard InChI is InChI=1S/3C13H11N.2C8H9N.2C8H8O.7Y/c1-3-10(2)11-4-5-13-9-14-7-6-12(13)8-11;1-3-10(2)12-5-4-11-6-7-14-9-13(11)8-12;1-3-10(2)11-6-7-13-12(9-11)5-4-8-14-13;1-3-7(2)8-4-5-9-6-8;1-3-7(2)8-5-4-6-9-8;1-3-7(2)8-4-5-9-6-8;1-3-7(2)8-5-4-6-9-8;;;;;;;/h5-9H,1-2H3;4,6-9H,1-2H3;4-5,7-9H,1-2H3;4-5,9H,1-2H3;4,6,9H,1-2H3;4-5H,1-2H3;4,6H,1-2H3;;;;;;;/q7*-2;;;;;;;. The van der Waals surface area contributed by atoms with Crippen LogP contribution in [-0.4, -0.2) is 24.9 Å². The Kier molecular flexibility index (Phi) is 55.8. The first-order valence-corrected chi connectivity index (χ1v) is 25.2. The van der Waals surface area contributed by atoms with E-state index in [4.69, 9.17) is 8.83 Å². The monoisotopic (exact) mass is 1640 g/mol. The molecule has 0 saturated heterocycles. The summed E-state index contributed by atoms with van der Waals surface area (Å²) >= 11 is 0. The van der Waals surface area contributed by atoms with E-state index in [9.17, 15) is 0 Å². The van der Waals surface area contributed by atoms with E-state index in [1.165, 1.54) is 10.8 Å². The number of aromatic nitrogens is 5. The Hall–Kier alpha value is -1.08. The first-order chi connectivity index (χ1) is 37.8. The van der Waals surface area contributed by atoms with Crippen molar-refractivity contribution < 1.29 is 238 Å². The number of nitrogens with one attached hydrogen (secondary N) is 2. The number of hydrogen-bond donors (Lipinski definition) is 2. The Morgan fingerprint density at radius 1 is 0.435 bits per heavy atom. The van der Waals surface area contributed by atoms with Gasteiger partial charge in [-0.2, -0.15) is 36.2 Å². The van der Waals surface area contributed by atoms with Gasteiger partial charge in [0, 0.05) is 254 Å². The summed E-state index contributed by atoms with van der Waals surface area (Å²) < 4.78 is 9.78. The predicted octanol–water partition coefficient (Wildman–Crippen LogP) is 18.5. The minimum Gasteiger partial charge on any atom is -0.632 e. The van der Waals surface area contributed by atoms with E-state index in [-0.39, 0.29) is 229 Å². The molecule has 2 N–H and O–H groups in total. The zero-order chi connectivity index (χ0) is 56.7. The van der Waals surface area contributed by atoms with Crippen LogP contribution in [0.1, 0.15) is 136 Å². The van der Waals surface area contributed by atoms with Crippen LogP contribution in [0.15, 0.2) is 150 Å². The average molecular weight is 1640 g/mol. The second-order valence-electron chi connectivity index (χ2n) is 17.0. The summed E-state index contributed by atoms with van der Waals surface area (Å²) in [5.74, 6) is 0.775. The van der Waals surface area contributed by atoms with E-state index >= 15 is 0 Å². The predicted molar refractivity (Wildman–Crippen MR) is 322 cm³/mol. The van der Waals surface area contributed by atoms with Crippen LogP contribution in [-0.2, 0) is 229 Å². The van der Waals surface area contributed by atoms with E-state index in [0.717, 1.165) is 100.0 Å². The second-order valence-corrected chi connectivity index (χ2v) is 17.0. The number of H-pyrrole nitrogens is 2. The number of benzene rings is 3. The molecule has 7 aromatic heterocycles. The molecular weight excluding hydrogens is 1580 g/mol. The normalized spacial score (nSPS) is 11.0. The number of furan rings is 2. The Morgan fingerprint density at radius 3 is 1.44 bits per heavy atom. The number of allylic oxidation sites excluding steroid dienone is 14. The van der Waals surface area contributed by atoms with Crippen molar-refractivity contribution in [2.75, 3.05) is 0 Å². The van der Waals surface area contributed by atoms with Crippen molar-refractivity contribution >= 4 is 71.5 Å². The summed E-state index contributed by atoms with van der Waals surface area (Å²) in [5, 5.41) is 5.79. The zero-order valence-electron chi connectivity index (χ0n) is 51.5. The van der Waals surface area contributed by atoms with Crippen molar-refractivity contribution in [3.8, 4) is 0 Å². The van der Waals surface area contributed by atoms with Crippen molar-refractivity contribution in [2.24, 2.45) is 0 Å². The molecule has 85 heavy (non-hydrogen) atoms. The summed E-state index contributed by atoms with van der Waals surface area (Å²) in [6.45, 7) is 27.3. The molecule has 7 radical (unpaired) electrons. The average Bonchev–Trinajstić information content (AvgIpc) is 4.39. The molecule has 7 nitrogen and oxygen atoms in total. The number of nitrogens with zero attached hydrogens (tertiary/aromatic N) is 3. The minimum atomic E-state index is 0. The van der Waals surface area contributed by atoms with Crippen molar-refractivity contribution in [2.45, 2.75) is 96.9 Å². The summed E-state index contributed by atoms with van der Waals surface area (Å²) in [7, 11) is 0. The fraction of sp³-hybridized carbons (Fsp3) is 0.197. The van der Waals surface area contributed by atoms with Gasteiger partial charge in [0.05, 0.1) is 0 Å². The van der Waals surface area contributed by atoms with Gasteiger partial charge in [-0.15, -0.1) is 126 Å². The van der Waals surface area contributed by atoms with Gasteiger partial charge in [0.15, 0.2) is 0 Å². The zero-order valence-corrected chi connectivity index (χ0v) is 71.3. The molecule has 3 aromatic carbocycles. The molecule has 0 saturated carbocycles. The van der Waals surface area contributed by atoms with Gasteiger partial charge >= 0.3 is 0 Å². The van der Waals surface area contributed by atoms with Crippen LogP contribution in [0.4, 0.5) is 0 Å². The minimum absolute atomic E-state index is 0. The number of rotatable bonds is 7. The van der Waals surface area contributed by atoms with E-state index in [0.29, 0.717) is 0 Å². The van der Waals surface area contributed by atoms with Gasteiger partial charge in [-0.05, 0) is 30.3 Å². The smallest absolute Gasteiger partial charge is 0.0248 e. The van der Waals surface area contributed by atoms with E-state index in [1.807, 2.05) is 176 Å². The largest absolute Gasteiger partial charge is 0.632 e. The van der Waals surface area contributed by atoms with Gasteiger partial charge in [-0.3, -0.25) is 38.3 Å². The number of fused-ring (bicyclic) bond motifs is 3. The summed E-state index contributed by atoms with van der Waals surface area (Å²) in [5.41, 5.74) is 15.1. The first kappa shape index (κ1) is 90.3. The molecule has 0 aliphatic rings. The van der Waals surface area contributed by atoms with Crippen LogP contribution in [0.5, 0.6) is 0 Å². The number of hydrogen-bond acceptors (Lipinski definition) is 5. The SMILES string of the molecule is C[C-]=C(C)c1[c-][nH]cc1.C[C-]=C(C)c1[c-]cc2ccncc2c1.C[C-]=C(C)c1[c-]cc2cnccc2c1.C[C-]=C(C)c1[c-]cc2ncccc2c1.C[C-]=C(C)c1[c-]cc[nH]1.C[C-]=C(C)c1[c-]cco1.C[C-]=C(C)c1[c-]occ1.[Y].[Y].[Y].[Y].[Y].[Y].[Y]. The molecule has 0 aliphatic heterocycles. The van der Waals surface area contributed by atoms with Crippen LogP contribution < -0.4 is 0 Å². The summed E-state index contributed by atoms with van der Waals surface area (Å²) in [6, 6.07) is 43.2. The van der Waals surface area contributed by atoms with E-state index < -0.39 is 0 Å². The van der Waals surface area contributed by atoms with Crippen LogP contribution in [0.25, 0.3) is 71.5 Å². The van der Waals surface area contributed by atoms with Crippen LogP contribution in [0.3, 0.4) is 0 Å². The van der Waals surface area contributed by atoms with E-state index in [2.05, 4.69) is 135 Å². The van der Waals surface area contributed by atoms with Crippen molar-refractivity contribution in [1.82, 2.24) is 24.9 Å². The van der Waals surface area contributed by atoms with Crippen LogP contribution >= 0.6 is 0 Å². The number of aromatic amines is 2. The van der Waals surface area contributed by atoms with Crippen molar-refractivity contribution in [1.29, 1.82) is 0 Å². The van der Waals surface area contributed by atoms with Crippen LogP contribution in [0.2, 0.25) is 0 Å². The van der Waals surface area contributed by atoms with E-state index in [1.54, 1.807) is 37.2 Å². The van der Waals surface area contributed by atoms with Crippen LogP contribution in [0, 0.1) is 85.3 Å². The summed E-state index contributed by atoms with van der Waals surface area (Å²) in [6.07, 6.45) is 43.1. The maximum atomic E-state index is 5.03. The van der Waals surface area contributed by atoms with Gasteiger partial charge in [0.2, 0.25) is 0 Å². The molecule has 423 valence electrons. The maximum Gasteiger partial charge on any atom is 0.0248 e. The molecule has 0 aliphatic carbocycles. The maximum absolute atomic E-state index is 5.03. The molecule has 14 heteroatoms. The summed E-state index contributed by atoms with van der Waals surface area (Å²) in [4.78, 5) is 18.3. The molecule has 7 heterocycles. The number of pyridine rings is 3. The molecular formula is C71H67N5O2Y7-14. The third-order valence-electron chi connectivity index (χ3n) is 12.1. The van der Waals surface area contributed by atoms with Gasteiger partial charge < -0.3 is 111 Å². The molecule has 0 spiro atoms.